The number of methoxy groups -OCH3 is 1. The number of anilines is 1. The lowest BCUT2D eigenvalue weighted by Crippen LogP contribution is -2.29. The van der Waals surface area contributed by atoms with E-state index in [1.54, 1.807) is 23.1 Å². The van der Waals surface area contributed by atoms with Gasteiger partial charge in [0.2, 0.25) is 11.1 Å². The van der Waals surface area contributed by atoms with Crippen molar-refractivity contribution in [2.45, 2.75) is 37.4 Å². The number of aryl methyl sites for hydroxylation is 1. The number of amides is 2. The van der Waals surface area contributed by atoms with E-state index in [1.807, 2.05) is 17.5 Å². The van der Waals surface area contributed by atoms with E-state index in [4.69, 9.17) is 4.74 Å². The molecule has 1 aliphatic carbocycles. The summed E-state index contributed by atoms with van der Waals surface area (Å²) in [4.78, 5) is 27.9. The van der Waals surface area contributed by atoms with Crippen LogP contribution in [0, 0.1) is 0 Å². The second-order valence-electron chi connectivity index (χ2n) is 7.20. The SMILES string of the molecule is COCCNC(=O)c1c(NC(=O)CSc2nnnn2Cc2cccs2)sc2c1CCCC2. The second kappa shape index (κ2) is 11.0. The highest BCUT2D eigenvalue weighted by Gasteiger charge is 2.26. The first-order chi connectivity index (χ1) is 15.7. The van der Waals surface area contributed by atoms with Gasteiger partial charge in [0, 0.05) is 23.4 Å². The molecule has 0 bridgehead atoms. The van der Waals surface area contributed by atoms with Gasteiger partial charge < -0.3 is 15.4 Å². The van der Waals surface area contributed by atoms with Gasteiger partial charge in [-0.25, -0.2) is 4.68 Å². The second-order valence-corrected chi connectivity index (χ2v) is 10.3. The minimum atomic E-state index is -0.190. The number of rotatable bonds is 10. The fraction of sp³-hybridized carbons (Fsp3) is 0.450. The maximum Gasteiger partial charge on any atom is 0.254 e. The lowest BCUT2D eigenvalue weighted by atomic mass is 9.95. The molecule has 0 unspecified atom stereocenters. The van der Waals surface area contributed by atoms with E-state index in [-0.39, 0.29) is 17.6 Å². The number of hydrogen-bond donors (Lipinski definition) is 2. The zero-order valence-corrected chi connectivity index (χ0v) is 20.1. The first kappa shape index (κ1) is 22.9. The smallest absolute Gasteiger partial charge is 0.254 e. The average molecular weight is 493 g/mol. The van der Waals surface area contributed by atoms with Crippen molar-refractivity contribution in [2.24, 2.45) is 0 Å². The molecule has 170 valence electrons. The van der Waals surface area contributed by atoms with Gasteiger partial charge in [-0.15, -0.1) is 27.8 Å². The molecule has 2 N–H and O–H groups in total. The number of carbonyl (C=O) groups excluding carboxylic acids is 2. The summed E-state index contributed by atoms with van der Waals surface area (Å²) >= 11 is 4.42. The summed E-state index contributed by atoms with van der Waals surface area (Å²) in [5.41, 5.74) is 1.67. The van der Waals surface area contributed by atoms with E-state index in [2.05, 4.69) is 26.2 Å². The van der Waals surface area contributed by atoms with Gasteiger partial charge in [-0.2, -0.15) is 0 Å². The molecule has 0 saturated heterocycles. The van der Waals surface area contributed by atoms with Gasteiger partial charge in [-0.3, -0.25) is 9.59 Å². The number of carbonyl (C=O) groups is 2. The van der Waals surface area contributed by atoms with Crippen LogP contribution < -0.4 is 10.6 Å². The van der Waals surface area contributed by atoms with Crippen molar-refractivity contribution in [2.75, 3.05) is 31.3 Å². The Hall–Kier alpha value is -2.28. The number of thiophene rings is 2. The number of thioether (sulfide) groups is 1. The van der Waals surface area contributed by atoms with Gasteiger partial charge in [0.25, 0.3) is 5.91 Å². The Kier molecular flexibility index (Phi) is 7.90. The van der Waals surface area contributed by atoms with Crippen LogP contribution in [-0.2, 0) is 28.9 Å². The van der Waals surface area contributed by atoms with Crippen LogP contribution in [0.3, 0.4) is 0 Å². The Morgan fingerprint density at radius 2 is 2.19 bits per heavy atom. The molecule has 0 aliphatic heterocycles. The summed E-state index contributed by atoms with van der Waals surface area (Å²) in [6.07, 6.45) is 3.97. The van der Waals surface area contributed by atoms with Crippen molar-refractivity contribution >= 4 is 51.3 Å². The summed E-state index contributed by atoms with van der Waals surface area (Å²) in [7, 11) is 1.60. The van der Waals surface area contributed by atoms with Crippen LogP contribution in [0.1, 0.15) is 38.5 Å². The molecule has 0 spiro atoms. The molecule has 0 saturated carbocycles. The Balaban J connectivity index is 1.41. The van der Waals surface area contributed by atoms with Crippen LogP contribution >= 0.6 is 34.4 Å². The maximum atomic E-state index is 12.9. The number of tetrazole rings is 1. The fourth-order valence-electron chi connectivity index (χ4n) is 3.49. The molecule has 3 aromatic heterocycles. The molecule has 0 aromatic carbocycles. The van der Waals surface area contributed by atoms with E-state index in [0.29, 0.717) is 35.4 Å². The number of ether oxygens (including phenoxy) is 1. The van der Waals surface area contributed by atoms with Crippen molar-refractivity contribution in [3.05, 3.63) is 38.4 Å². The number of hydrogen-bond acceptors (Lipinski definition) is 9. The highest BCUT2D eigenvalue weighted by Crippen LogP contribution is 2.38. The molecule has 0 fully saturated rings. The number of aromatic nitrogens is 4. The van der Waals surface area contributed by atoms with E-state index in [1.165, 1.54) is 28.0 Å². The van der Waals surface area contributed by atoms with Crippen molar-refractivity contribution < 1.29 is 14.3 Å². The third-order valence-corrected chi connectivity index (χ3v) is 7.99. The van der Waals surface area contributed by atoms with Crippen LogP contribution in [0.4, 0.5) is 5.00 Å². The lowest BCUT2D eigenvalue weighted by Gasteiger charge is -2.13. The van der Waals surface area contributed by atoms with Gasteiger partial charge >= 0.3 is 0 Å². The number of nitrogens with zero attached hydrogens (tertiary/aromatic N) is 4. The van der Waals surface area contributed by atoms with Crippen LogP contribution in [0.25, 0.3) is 0 Å². The molecule has 12 heteroatoms. The van der Waals surface area contributed by atoms with Gasteiger partial charge in [0.1, 0.15) is 5.00 Å². The zero-order valence-electron chi connectivity index (χ0n) is 17.6. The summed E-state index contributed by atoms with van der Waals surface area (Å²) < 4.78 is 6.71. The molecule has 1 aliphatic rings. The summed E-state index contributed by atoms with van der Waals surface area (Å²) in [5.74, 6) is -0.201. The highest BCUT2D eigenvalue weighted by atomic mass is 32.2. The van der Waals surface area contributed by atoms with Gasteiger partial charge in [0.05, 0.1) is 24.5 Å². The van der Waals surface area contributed by atoms with E-state index in [9.17, 15) is 9.59 Å². The van der Waals surface area contributed by atoms with Crippen molar-refractivity contribution in [1.82, 2.24) is 25.5 Å². The minimum Gasteiger partial charge on any atom is -0.383 e. The zero-order chi connectivity index (χ0) is 22.3. The fourth-order valence-corrected chi connectivity index (χ4v) is 6.16. The highest BCUT2D eigenvalue weighted by molar-refractivity contribution is 7.99. The van der Waals surface area contributed by atoms with Gasteiger partial charge in [-0.1, -0.05) is 17.8 Å². The first-order valence-electron chi connectivity index (χ1n) is 10.3. The summed E-state index contributed by atoms with van der Waals surface area (Å²) in [6.45, 7) is 1.44. The molecule has 2 amide bonds. The maximum absolute atomic E-state index is 12.9. The van der Waals surface area contributed by atoms with Crippen molar-refractivity contribution in [3.63, 3.8) is 0 Å². The molecular weight excluding hydrogens is 468 g/mol. The van der Waals surface area contributed by atoms with E-state index in [0.717, 1.165) is 36.1 Å². The Labute approximate surface area is 197 Å². The molecule has 0 atom stereocenters. The minimum absolute atomic E-state index is 0.151. The predicted octanol–water partition coefficient (Wildman–Crippen LogP) is 2.83. The van der Waals surface area contributed by atoms with Crippen molar-refractivity contribution in [3.8, 4) is 0 Å². The molecule has 32 heavy (non-hydrogen) atoms. The van der Waals surface area contributed by atoms with Crippen LogP contribution in [0.15, 0.2) is 22.7 Å². The van der Waals surface area contributed by atoms with E-state index >= 15 is 0 Å². The Morgan fingerprint density at radius 1 is 1.31 bits per heavy atom. The summed E-state index contributed by atoms with van der Waals surface area (Å²) in [6, 6.07) is 4.00. The average Bonchev–Trinajstić information content (AvgIpc) is 3.53. The third kappa shape index (κ3) is 5.55. The standard InChI is InChI=1S/C20H24N6O3S3/c1-29-9-8-21-18(28)17-14-6-2-3-7-15(14)32-19(17)22-16(27)12-31-20-23-24-25-26(20)11-13-5-4-10-30-13/h4-5,10H,2-3,6-9,11-12H2,1H3,(H,21,28)(H,22,27). The number of fused-ring (bicyclic) bond motifs is 1. The monoisotopic (exact) mass is 492 g/mol. The molecule has 4 rings (SSSR count). The van der Waals surface area contributed by atoms with Gasteiger partial charge in [0.15, 0.2) is 0 Å². The van der Waals surface area contributed by atoms with Crippen LogP contribution in [0.2, 0.25) is 0 Å². The largest absolute Gasteiger partial charge is 0.383 e. The molecule has 9 nitrogen and oxygen atoms in total. The molecule has 3 heterocycles. The van der Waals surface area contributed by atoms with Crippen molar-refractivity contribution in [1.29, 1.82) is 0 Å². The predicted molar refractivity (Wildman–Crippen MR) is 126 cm³/mol. The number of nitrogens with one attached hydrogen (secondary N) is 2. The topological polar surface area (TPSA) is 111 Å². The molecule has 0 radical (unpaired) electrons. The molecule has 3 aromatic rings. The van der Waals surface area contributed by atoms with E-state index < -0.39 is 0 Å². The Morgan fingerprint density at radius 3 is 3.00 bits per heavy atom. The Bertz CT molecular complexity index is 1060. The third-order valence-electron chi connectivity index (χ3n) is 4.96. The summed E-state index contributed by atoms with van der Waals surface area (Å²) in [5, 5.41) is 20.8. The normalized spacial score (nSPS) is 13.0. The molecular formula is C20H24N6O3S3. The van der Waals surface area contributed by atoms with Gasteiger partial charge in [-0.05, 0) is 53.1 Å². The van der Waals surface area contributed by atoms with Crippen LogP contribution in [0.5, 0.6) is 0 Å². The first-order valence-corrected chi connectivity index (χ1v) is 13.0. The van der Waals surface area contributed by atoms with Crippen LogP contribution in [-0.4, -0.2) is 58.0 Å². The lowest BCUT2D eigenvalue weighted by molar-refractivity contribution is -0.113. The quantitative estimate of drug-likeness (QED) is 0.331.